The number of imide groups is 1. The maximum atomic E-state index is 14.1. The molecule has 87 heavy (non-hydrogen) atoms. The van der Waals surface area contributed by atoms with Crippen molar-refractivity contribution in [3.8, 4) is 39.1 Å². The van der Waals surface area contributed by atoms with E-state index in [0.29, 0.717) is 34.8 Å². The van der Waals surface area contributed by atoms with Gasteiger partial charge in [-0.15, -0.1) is 5.06 Å². The molecule has 0 unspecified atom stereocenters. The summed E-state index contributed by atoms with van der Waals surface area (Å²) < 4.78 is 6.01. The molecule has 0 spiro atoms. The number of aromatic nitrogens is 8. The monoisotopic (exact) mass is 1150 g/mol. The average molecular weight is 1150 g/mol. The fourth-order valence-electron chi connectivity index (χ4n) is 12.4. The smallest absolute Gasteiger partial charge is 0.363 e. The van der Waals surface area contributed by atoms with E-state index in [4.69, 9.17) is 29.5 Å². The van der Waals surface area contributed by atoms with Crippen LogP contribution in [0.2, 0.25) is 0 Å². The van der Waals surface area contributed by atoms with Crippen LogP contribution >= 0.6 is 0 Å². The zero-order valence-corrected chi connectivity index (χ0v) is 49.2. The first kappa shape index (κ1) is 54.5. The predicted octanol–water partition coefficient (Wildman–Crippen LogP) is 14.2. The van der Waals surface area contributed by atoms with Crippen molar-refractivity contribution in [3.05, 3.63) is 202 Å². The van der Waals surface area contributed by atoms with Crippen LogP contribution < -0.4 is 10.1 Å². The lowest BCUT2D eigenvalue weighted by Gasteiger charge is -2.16. The van der Waals surface area contributed by atoms with Gasteiger partial charge in [0.1, 0.15) is 0 Å². The summed E-state index contributed by atoms with van der Waals surface area (Å²) in [6.45, 7) is 13.2. The van der Waals surface area contributed by atoms with E-state index in [2.05, 4.69) is 115 Å². The zero-order valence-electron chi connectivity index (χ0n) is 49.2. The average Bonchev–Trinajstić information content (AvgIpc) is 2.01. The van der Waals surface area contributed by atoms with E-state index in [9.17, 15) is 19.2 Å². The summed E-state index contributed by atoms with van der Waals surface area (Å²) in [5, 5.41) is 3.68. The molecule has 3 amide bonds. The number of hydrogen-bond acceptors (Lipinski definition) is 10. The van der Waals surface area contributed by atoms with E-state index in [-0.39, 0.29) is 40.6 Å². The number of carbonyl (C=O) groups is 4. The first-order valence-corrected chi connectivity index (χ1v) is 29.2. The predicted molar refractivity (Wildman–Crippen MR) is 338 cm³/mol. The standard InChI is InChI=1S/C71H62N10O6/c1-69(2)37-51-31-57-53(35-58(79-57)65(41-10-14-43(15-11-41)68(85)87-81-63(82)26-27-64(81)83)54-24-22-46(73-54)28-45-20-21-47(72-45)32-60(69)77-51)40-16-18-44(19-17-40)78-67(84)42-12-8-39(9-13-42)52-29-49-34-62-71(5,6)38-59(80-62)66(86-7)55-25-23-48(74-55)33-61-70(3,4)36-50(76-61)30-56(52)75-49/h8-25,28-35,72,74-75,79H,26-27,36-38H2,1-7H3,(H,78,84). The number of rotatable bonds is 8. The fraction of sp³-hybridized carbons (Fsp3) is 0.211. The first-order valence-electron chi connectivity index (χ1n) is 29.2. The second-order valence-electron chi connectivity index (χ2n) is 25.0. The van der Waals surface area contributed by atoms with Crippen LogP contribution in [0.5, 0.6) is 5.75 Å². The van der Waals surface area contributed by atoms with Crippen molar-refractivity contribution in [1.82, 2.24) is 44.9 Å². The Morgan fingerprint density at radius 2 is 1.05 bits per heavy atom. The number of fused-ring (bicyclic) bond motifs is 16. The van der Waals surface area contributed by atoms with Gasteiger partial charge >= 0.3 is 5.97 Å². The van der Waals surface area contributed by atoms with E-state index in [1.165, 1.54) is 0 Å². The molecule has 432 valence electrons. The van der Waals surface area contributed by atoms with Gasteiger partial charge in [0.05, 0.1) is 35.3 Å². The molecule has 1 saturated heterocycles. The van der Waals surface area contributed by atoms with Crippen molar-refractivity contribution in [1.29, 1.82) is 0 Å². The van der Waals surface area contributed by atoms with Crippen molar-refractivity contribution < 1.29 is 28.8 Å². The van der Waals surface area contributed by atoms with Gasteiger partial charge in [-0.2, -0.15) is 0 Å². The van der Waals surface area contributed by atoms with Crippen LogP contribution in [0.4, 0.5) is 5.69 Å². The molecule has 16 nitrogen and oxygen atoms in total. The molecule has 1 fully saturated rings. The molecule has 16 heteroatoms. The summed E-state index contributed by atoms with van der Waals surface area (Å²) in [7, 11) is 1.69. The molecule has 0 atom stereocenters. The third kappa shape index (κ3) is 10.4. The summed E-state index contributed by atoms with van der Waals surface area (Å²) >= 11 is 0. The van der Waals surface area contributed by atoms with Crippen LogP contribution in [0.1, 0.15) is 121 Å². The summed E-state index contributed by atoms with van der Waals surface area (Å²) in [5.74, 6) is -1.45. The van der Waals surface area contributed by atoms with E-state index in [0.717, 1.165) is 130 Å². The number of anilines is 1. The number of amides is 3. The fourth-order valence-corrected chi connectivity index (χ4v) is 12.4. The third-order valence-corrected chi connectivity index (χ3v) is 17.1. The molecule has 0 saturated carbocycles. The molecular weight excluding hydrogens is 1090 g/mol. The number of benzene rings is 3. The van der Waals surface area contributed by atoms with Crippen LogP contribution in [0.15, 0.2) is 146 Å². The van der Waals surface area contributed by atoms with Crippen LogP contribution in [0, 0.1) is 0 Å². The molecule has 5 aliphatic heterocycles. The molecule has 9 aromatic rings. The Balaban J connectivity index is 0.804. The quantitative estimate of drug-likeness (QED) is 0.0907. The summed E-state index contributed by atoms with van der Waals surface area (Å²) in [6.07, 6.45) is 6.08. The Hall–Kier alpha value is -10.5. The number of H-pyrrole nitrogens is 4. The van der Waals surface area contributed by atoms with Crippen molar-refractivity contribution in [2.45, 2.75) is 89.9 Å². The van der Waals surface area contributed by atoms with E-state index < -0.39 is 17.8 Å². The molecule has 0 aliphatic carbocycles. The third-order valence-electron chi connectivity index (χ3n) is 17.1. The molecule has 11 heterocycles. The minimum absolute atomic E-state index is 0.00556. The first-order chi connectivity index (χ1) is 41.8. The molecule has 14 rings (SSSR count). The Morgan fingerprint density at radius 3 is 1.71 bits per heavy atom. The number of hydrogen-bond donors (Lipinski definition) is 5. The van der Waals surface area contributed by atoms with Crippen LogP contribution in [-0.4, -0.2) is 75.7 Å². The lowest BCUT2D eigenvalue weighted by molar-refractivity contribution is -0.172. The largest absolute Gasteiger partial charge is 0.493 e. The number of nitrogens with one attached hydrogen (secondary N) is 5. The van der Waals surface area contributed by atoms with Gasteiger partial charge in [-0.1, -0.05) is 77.9 Å². The van der Waals surface area contributed by atoms with Gasteiger partial charge in [-0.3, -0.25) is 29.3 Å². The van der Waals surface area contributed by atoms with Crippen molar-refractivity contribution in [3.63, 3.8) is 0 Å². The summed E-state index contributed by atoms with van der Waals surface area (Å²) in [4.78, 5) is 92.4. The summed E-state index contributed by atoms with van der Waals surface area (Å²) in [6, 6.07) is 47.3. The SMILES string of the molecule is COc1c2nc(cc3cc(-c4ccc(C(=O)Nc5ccc(-c6cc7[nH]c6cc6nc(cc8ccc(cc9nc(c7-c7ccc(C(=O)ON%10C(=O)CCC%10=O)cc7)C=C9)[nH]8)C(C)(C)C6)cc5)cc4)c(cc4nc(cc5ccc1[nH]5)C(C)(C)C4)[nH]3)C(C)(C)C2. The number of methoxy groups -OCH3 is 1. The van der Waals surface area contributed by atoms with E-state index >= 15 is 0 Å². The normalized spacial score (nSPS) is 15.6. The second kappa shape index (κ2) is 20.6. The molecule has 3 aromatic carbocycles. The highest BCUT2D eigenvalue weighted by Gasteiger charge is 2.35. The number of carbonyl (C=O) groups excluding carboxylic acids is 4. The Kier molecular flexibility index (Phi) is 12.9. The van der Waals surface area contributed by atoms with Gasteiger partial charge < -0.3 is 34.8 Å². The number of nitrogens with zero attached hydrogens (tertiary/aromatic N) is 5. The zero-order chi connectivity index (χ0) is 60.1. The lowest BCUT2D eigenvalue weighted by atomic mass is 9.87. The maximum absolute atomic E-state index is 14.1. The highest BCUT2D eigenvalue weighted by molar-refractivity contribution is 6.05. The molecule has 6 aromatic heterocycles. The Labute approximate surface area is 500 Å². The van der Waals surface area contributed by atoms with Crippen LogP contribution in [-0.2, 0) is 49.9 Å². The highest BCUT2D eigenvalue weighted by Crippen LogP contribution is 2.40. The van der Waals surface area contributed by atoms with Gasteiger partial charge in [0.25, 0.3) is 17.7 Å². The topological polar surface area (TPSA) is 217 Å². The van der Waals surface area contributed by atoms with Crippen molar-refractivity contribution >= 4 is 85.7 Å². The Bertz CT molecular complexity index is 4750. The molecular formula is C71H62N10O6. The van der Waals surface area contributed by atoms with Gasteiger partial charge in [-0.05, 0) is 138 Å². The minimum atomic E-state index is -0.820. The summed E-state index contributed by atoms with van der Waals surface area (Å²) in [5.41, 5.74) is 19.8. The molecule has 5 aliphatic rings. The molecule has 0 radical (unpaired) electrons. The van der Waals surface area contributed by atoms with Gasteiger partial charge in [0, 0.05) is 143 Å². The molecule has 5 N–H and O–H groups in total. The number of aromatic amines is 4. The van der Waals surface area contributed by atoms with Crippen molar-refractivity contribution in [2.75, 3.05) is 12.4 Å². The van der Waals surface area contributed by atoms with Crippen molar-refractivity contribution in [2.24, 2.45) is 0 Å². The maximum Gasteiger partial charge on any atom is 0.363 e. The minimum Gasteiger partial charge on any atom is -0.493 e. The van der Waals surface area contributed by atoms with Crippen LogP contribution in [0.25, 0.3) is 89.7 Å². The lowest BCUT2D eigenvalue weighted by Crippen LogP contribution is -2.32. The van der Waals surface area contributed by atoms with Crippen LogP contribution in [0.3, 0.4) is 0 Å². The highest BCUT2D eigenvalue weighted by atomic mass is 16.7. The Morgan fingerprint density at radius 1 is 0.506 bits per heavy atom. The van der Waals surface area contributed by atoms with Gasteiger partial charge in [0.2, 0.25) is 0 Å². The number of hydroxylamine groups is 2. The number of ether oxygens (including phenoxy) is 1. The van der Waals surface area contributed by atoms with E-state index in [1.807, 2.05) is 84.9 Å². The van der Waals surface area contributed by atoms with Gasteiger partial charge in [-0.25, -0.2) is 9.78 Å². The van der Waals surface area contributed by atoms with E-state index in [1.54, 1.807) is 31.4 Å². The van der Waals surface area contributed by atoms with Gasteiger partial charge in [0.15, 0.2) is 5.75 Å². The second-order valence-corrected chi connectivity index (χ2v) is 25.0. The molecule has 16 bridgehead atoms.